The summed E-state index contributed by atoms with van der Waals surface area (Å²) in [6, 6.07) is 0. The molecular formula is C6H12O6. The summed E-state index contributed by atoms with van der Waals surface area (Å²) in [6.45, 7) is 5.90. The summed E-state index contributed by atoms with van der Waals surface area (Å²) in [5.41, 5.74) is -0.621. The minimum atomic E-state index is -0.621. The molecule has 6 heteroatoms. The number of hydrogen-bond acceptors (Lipinski definition) is 6. The lowest BCUT2D eigenvalue weighted by molar-refractivity contribution is -0.781. The molecule has 0 aromatic carbocycles. The van der Waals surface area contributed by atoms with Crippen molar-refractivity contribution in [3.63, 3.8) is 0 Å². The predicted octanol–water partition coefficient (Wildman–Crippen LogP) is 1.09. The molecule has 0 N–H and O–H groups in total. The molecule has 1 heterocycles. The Kier molecular flexibility index (Phi) is 3.39. The zero-order valence-corrected chi connectivity index (χ0v) is 7.23. The van der Waals surface area contributed by atoms with Crippen molar-refractivity contribution in [2.75, 3.05) is 6.61 Å². The van der Waals surface area contributed by atoms with Gasteiger partial charge in [-0.1, -0.05) is 13.8 Å². The van der Waals surface area contributed by atoms with Crippen LogP contribution >= 0.6 is 0 Å². The maximum Gasteiger partial charge on any atom is 0.133 e. The third-order valence-electron chi connectivity index (χ3n) is 1.92. The molecule has 0 aromatic rings. The molecule has 6 nitrogen and oxygen atoms in total. The van der Waals surface area contributed by atoms with Crippen LogP contribution in [0.4, 0.5) is 0 Å². The van der Waals surface area contributed by atoms with Gasteiger partial charge in [-0.25, -0.2) is 4.89 Å². The molecule has 72 valence electrons. The molecule has 0 spiro atoms. The van der Waals surface area contributed by atoms with E-state index in [1.54, 1.807) is 6.92 Å². The van der Waals surface area contributed by atoms with Gasteiger partial charge in [0.15, 0.2) is 0 Å². The molecule has 1 fully saturated rings. The highest BCUT2D eigenvalue weighted by molar-refractivity contribution is 4.76. The zero-order chi connectivity index (χ0) is 9.03. The van der Waals surface area contributed by atoms with Gasteiger partial charge >= 0.3 is 0 Å². The molecule has 1 unspecified atom stereocenters. The summed E-state index contributed by atoms with van der Waals surface area (Å²) >= 11 is 0. The first kappa shape index (κ1) is 9.85. The average molecular weight is 180 g/mol. The minimum absolute atomic E-state index is 0.183. The van der Waals surface area contributed by atoms with Crippen LogP contribution in [-0.4, -0.2) is 12.2 Å². The Hall–Kier alpha value is -0.240. The maximum absolute atomic E-state index is 4.88. The molecule has 1 aliphatic rings. The van der Waals surface area contributed by atoms with Crippen molar-refractivity contribution in [1.29, 1.82) is 0 Å². The van der Waals surface area contributed by atoms with Crippen LogP contribution < -0.4 is 0 Å². The first-order valence-electron chi connectivity index (χ1n) is 3.62. The van der Waals surface area contributed by atoms with Crippen LogP contribution in [0.5, 0.6) is 0 Å². The van der Waals surface area contributed by atoms with E-state index in [-0.39, 0.29) is 12.5 Å². The molecule has 1 aliphatic heterocycles. The highest BCUT2D eigenvalue weighted by atomic mass is 17.8. The summed E-state index contributed by atoms with van der Waals surface area (Å²) in [5.74, 6) is 0.183. The second-order valence-corrected chi connectivity index (χ2v) is 3.09. The first-order valence-corrected chi connectivity index (χ1v) is 3.62. The molecule has 0 radical (unpaired) electrons. The third kappa shape index (κ3) is 2.37. The molecule has 0 saturated carbocycles. The van der Waals surface area contributed by atoms with Crippen molar-refractivity contribution < 1.29 is 29.9 Å². The van der Waals surface area contributed by atoms with Gasteiger partial charge < -0.3 is 0 Å². The van der Waals surface area contributed by atoms with E-state index in [0.29, 0.717) is 0 Å². The van der Waals surface area contributed by atoms with E-state index in [1.807, 2.05) is 13.8 Å². The molecule has 0 bridgehead atoms. The van der Waals surface area contributed by atoms with Crippen molar-refractivity contribution >= 4 is 0 Å². The highest BCUT2D eigenvalue weighted by Crippen LogP contribution is 2.23. The summed E-state index contributed by atoms with van der Waals surface area (Å²) in [7, 11) is 0. The topological polar surface area (TPSA) is 55.4 Å². The van der Waals surface area contributed by atoms with Crippen molar-refractivity contribution in [2.24, 2.45) is 5.92 Å². The van der Waals surface area contributed by atoms with Crippen LogP contribution in [0.3, 0.4) is 0 Å². The van der Waals surface area contributed by atoms with Crippen LogP contribution in [0.1, 0.15) is 20.8 Å². The first-order chi connectivity index (χ1) is 5.65. The predicted molar refractivity (Wildman–Crippen MR) is 34.6 cm³/mol. The molecule has 0 amide bonds. The fraction of sp³-hybridized carbons (Fsp3) is 1.00. The smallest absolute Gasteiger partial charge is 0.133 e. The Bertz CT molecular complexity index is 128. The van der Waals surface area contributed by atoms with Gasteiger partial charge in [0.05, 0.1) is 0 Å². The van der Waals surface area contributed by atoms with Crippen LogP contribution in [0.2, 0.25) is 0 Å². The molecule has 12 heavy (non-hydrogen) atoms. The van der Waals surface area contributed by atoms with Gasteiger partial charge in [-0.15, -0.1) is 0 Å². The second-order valence-electron chi connectivity index (χ2n) is 3.09. The maximum atomic E-state index is 4.88. The highest BCUT2D eigenvalue weighted by Gasteiger charge is 2.34. The third-order valence-corrected chi connectivity index (χ3v) is 1.92. The van der Waals surface area contributed by atoms with Crippen LogP contribution in [0.25, 0.3) is 0 Å². The van der Waals surface area contributed by atoms with Gasteiger partial charge in [0, 0.05) is 0 Å². The fourth-order valence-corrected chi connectivity index (χ4v) is 0.562. The molecule has 0 aromatic heterocycles. The largest absolute Gasteiger partial charge is 0.201 e. The van der Waals surface area contributed by atoms with Gasteiger partial charge in [0.1, 0.15) is 12.2 Å². The minimum Gasteiger partial charge on any atom is -0.201 e. The van der Waals surface area contributed by atoms with E-state index in [4.69, 9.17) is 4.89 Å². The zero-order valence-electron chi connectivity index (χ0n) is 7.23. The summed E-state index contributed by atoms with van der Waals surface area (Å²) in [5, 5.41) is 16.1. The monoisotopic (exact) mass is 180 g/mol. The molecular weight excluding hydrogens is 168 g/mol. The summed E-state index contributed by atoms with van der Waals surface area (Å²) in [6.07, 6.45) is 0. The lowest BCUT2D eigenvalue weighted by atomic mass is 9.94. The van der Waals surface area contributed by atoms with Crippen LogP contribution in [0.15, 0.2) is 0 Å². The van der Waals surface area contributed by atoms with Crippen LogP contribution in [0, 0.1) is 5.92 Å². The molecule has 1 saturated heterocycles. The van der Waals surface area contributed by atoms with E-state index in [9.17, 15) is 0 Å². The second kappa shape index (κ2) is 4.13. The Balaban J connectivity index is 2.48. The van der Waals surface area contributed by atoms with Crippen molar-refractivity contribution in [2.45, 2.75) is 26.4 Å². The van der Waals surface area contributed by atoms with E-state index in [0.717, 1.165) is 0 Å². The van der Waals surface area contributed by atoms with Crippen molar-refractivity contribution in [3.05, 3.63) is 0 Å². The van der Waals surface area contributed by atoms with E-state index >= 15 is 0 Å². The van der Waals surface area contributed by atoms with E-state index in [2.05, 4.69) is 25.0 Å². The van der Waals surface area contributed by atoms with Gasteiger partial charge in [0.25, 0.3) is 0 Å². The van der Waals surface area contributed by atoms with Crippen molar-refractivity contribution in [1.82, 2.24) is 0 Å². The summed E-state index contributed by atoms with van der Waals surface area (Å²) in [4.78, 5) is 9.48. The van der Waals surface area contributed by atoms with Gasteiger partial charge in [-0.2, -0.15) is 4.89 Å². The average Bonchev–Trinajstić information content (AvgIpc) is 1.97. The van der Waals surface area contributed by atoms with Gasteiger partial charge in [0.2, 0.25) is 0 Å². The Morgan fingerprint density at radius 3 is 2.42 bits per heavy atom. The van der Waals surface area contributed by atoms with E-state index in [1.165, 1.54) is 0 Å². The van der Waals surface area contributed by atoms with Crippen LogP contribution in [-0.2, 0) is 29.9 Å². The molecule has 1 rings (SSSR count). The SMILES string of the molecule is CC(C)C1(C)COOOOOO1. The quantitative estimate of drug-likeness (QED) is 0.563. The number of rotatable bonds is 1. The van der Waals surface area contributed by atoms with Gasteiger partial charge in [-0.3, -0.25) is 0 Å². The lowest BCUT2D eigenvalue weighted by Gasteiger charge is -2.30. The Labute approximate surface area is 69.9 Å². The van der Waals surface area contributed by atoms with E-state index < -0.39 is 5.60 Å². The summed E-state index contributed by atoms with van der Waals surface area (Å²) < 4.78 is 0. The lowest BCUT2D eigenvalue weighted by Crippen LogP contribution is -2.41. The number of hydrogen-bond donors (Lipinski definition) is 0. The van der Waals surface area contributed by atoms with Crippen molar-refractivity contribution in [3.8, 4) is 0 Å². The van der Waals surface area contributed by atoms with Gasteiger partial charge in [-0.05, 0) is 33.0 Å². The normalized spacial score (nSPS) is 33.0. The molecule has 1 atom stereocenters. The molecule has 0 aliphatic carbocycles. The Morgan fingerprint density at radius 1 is 1.08 bits per heavy atom. The Morgan fingerprint density at radius 2 is 1.75 bits per heavy atom. The standard InChI is InChI=1S/C6H12O6/c1-5(2)6(3)4-7-9-11-12-10-8-6/h5H,4H2,1-3H3. The fourth-order valence-electron chi connectivity index (χ4n) is 0.562.